The van der Waals surface area contributed by atoms with Crippen LogP contribution in [0.5, 0.6) is 0 Å². The lowest BCUT2D eigenvalue weighted by Crippen LogP contribution is -2.26. The summed E-state index contributed by atoms with van der Waals surface area (Å²) in [6, 6.07) is 7.53. The van der Waals surface area contributed by atoms with E-state index < -0.39 is 6.09 Å². The summed E-state index contributed by atoms with van der Waals surface area (Å²) in [7, 11) is 0. The second-order valence-corrected chi connectivity index (χ2v) is 5.72. The lowest BCUT2D eigenvalue weighted by molar-refractivity contribution is -0.114. The highest BCUT2D eigenvalue weighted by molar-refractivity contribution is 7.09. The normalized spacial score (nSPS) is 10.2. The zero-order valence-electron chi connectivity index (χ0n) is 13.1. The van der Waals surface area contributed by atoms with Crippen LogP contribution in [-0.4, -0.2) is 30.1 Å². The quantitative estimate of drug-likeness (QED) is 0.851. The predicted molar refractivity (Wildman–Crippen MR) is 90.6 cm³/mol. The van der Waals surface area contributed by atoms with E-state index in [2.05, 4.69) is 15.6 Å². The third-order valence-corrected chi connectivity index (χ3v) is 3.85. The highest BCUT2D eigenvalue weighted by Crippen LogP contribution is 2.23. The molecular weight excluding hydrogens is 314 g/mol. The van der Waals surface area contributed by atoms with E-state index in [1.807, 2.05) is 29.6 Å². The summed E-state index contributed by atoms with van der Waals surface area (Å²) in [6.07, 6.45) is 0.255. The number of ether oxygens (including phenoxy) is 1. The fourth-order valence-corrected chi connectivity index (χ4v) is 2.75. The molecule has 122 valence electrons. The molecule has 0 spiro atoms. The number of amides is 2. The van der Waals surface area contributed by atoms with Crippen molar-refractivity contribution >= 4 is 29.0 Å². The highest BCUT2D eigenvalue weighted by Gasteiger charge is 2.06. The van der Waals surface area contributed by atoms with Crippen LogP contribution in [0.4, 0.5) is 10.5 Å². The molecule has 23 heavy (non-hydrogen) atoms. The summed E-state index contributed by atoms with van der Waals surface area (Å²) >= 11 is 1.55. The Bertz CT molecular complexity index is 667. The average Bonchev–Trinajstić information content (AvgIpc) is 2.96. The third-order valence-electron chi connectivity index (χ3n) is 2.94. The Morgan fingerprint density at radius 1 is 1.26 bits per heavy atom. The van der Waals surface area contributed by atoms with E-state index in [9.17, 15) is 9.59 Å². The van der Waals surface area contributed by atoms with Crippen molar-refractivity contribution in [1.82, 2.24) is 10.3 Å². The number of hydrogen-bond donors (Lipinski definition) is 2. The molecule has 0 radical (unpaired) electrons. The van der Waals surface area contributed by atoms with Crippen LogP contribution in [0, 0.1) is 0 Å². The van der Waals surface area contributed by atoms with Gasteiger partial charge in [-0.3, -0.25) is 4.79 Å². The molecule has 0 fully saturated rings. The lowest BCUT2D eigenvalue weighted by Gasteiger charge is -2.03. The van der Waals surface area contributed by atoms with Gasteiger partial charge in [-0.05, 0) is 19.1 Å². The Balaban J connectivity index is 1.91. The van der Waals surface area contributed by atoms with Crippen LogP contribution in [0.2, 0.25) is 0 Å². The van der Waals surface area contributed by atoms with Crippen molar-refractivity contribution < 1.29 is 14.3 Å². The molecule has 1 aromatic carbocycles. The Morgan fingerprint density at radius 3 is 2.65 bits per heavy atom. The second-order valence-electron chi connectivity index (χ2n) is 4.78. The van der Waals surface area contributed by atoms with Gasteiger partial charge in [0, 0.05) is 36.5 Å². The highest BCUT2D eigenvalue weighted by atomic mass is 32.1. The molecule has 6 nitrogen and oxygen atoms in total. The number of aromatic nitrogens is 1. The molecule has 0 atom stereocenters. The van der Waals surface area contributed by atoms with Crippen LogP contribution < -0.4 is 10.6 Å². The number of hydrogen-bond acceptors (Lipinski definition) is 5. The molecule has 1 aromatic heterocycles. The first kappa shape index (κ1) is 17.0. The van der Waals surface area contributed by atoms with Gasteiger partial charge in [-0.2, -0.15) is 0 Å². The zero-order valence-corrected chi connectivity index (χ0v) is 13.9. The minimum atomic E-state index is -0.405. The SMILES string of the molecule is CCOC(=O)NCCc1nc(-c2ccc(NC(C)=O)cc2)cs1. The molecule has 0 unspecified atom stereocenters. The number of nitrogens with one attached hydrogen (secondary N) is 2. The molecule has 0 saturated carbocycles. The predicted octanol–water partition coefficient (Wildman–Crippen LogP) is 3.06. The van der Waals surface area contributed by atoms with Crippen molar-refractivity contribution in [3.63, 3.8) is 0 Å². The summed E-state index contributed by atoms with van der Waals surface area (Å²) in [5.41, 5.74) is 2.63. The molecule has 0 bridgehead atoms. The van der Waals surface area contributed by atoms with Crippen molar-refractivity contribution in [3.8, 4) is 11.3 Å². The smallest absolute Gasteiger partial charge is 0.407 e. The van der Waals surface area contributed by atoms with Crippen LogP contribution in [0.15, 0.2) is 29.6 Å². The van der Waals surface area contributed by atoms with Crippen LogP contribution in [0.25, 0.3) is 11.3 Å². The van der Waals surface area contributed by atoms with Crippen molar-refractivity contribution in [2.24, 2.45) is 0 Å². The van der Waals surface area contributed by atoms with E-state index in [1.165, 1.54) is 6.92 Å². The van der Waals surface area contributed by atoms with E-state index in [0.29, 0.717) is 19.6 Å². The summed E-state index contributed by atoms with van der Waals surface area (Å²) in [5, 5.41) is 8.33. The molecule has 1 heterocycles. The number of carbonyl (C=O) groups excluding carboxylic acids is 2. The minimum Gasteiger partial charge on any atom is -0.450 e. The minimum absolute atomic E-state index is 0.0946. The Hall–Kier alpha value is -2.41. The van der Waals surface area contributed by atoms with Gasteiger partial charge in [0.25, 0.3) is 0 Å². The molecule has 0 aliphatic carbocycles. The zero-order chi connectivity index (χ0) is 16.7. The van der Waals surface area contributed by atoms with E-state index >= 15 is 0 Å². The average molecular weight is 333 g/mol. The van der Waals surface area contributed by atoms with Gasteiger partial charge in [-0.1, -0.05) is 12.1 Å². The number of thiazole rings is 1. The van der Waals surface area contributed by atoms with Crippen LogP contribution in [0.3, 0.4) is 0 Å². The molecular formula is C16H19N3O3S. The van der Waals surface area contributed by atoms with E-state index in [4.69, 9.17) is 4.74 Å². The number of rotatable bonds is 6. The van der Waals surface area contributed by atoms with Gasteiger partial charge in [0.05, 0.1) is 17.3 Å². The molecule has 7 heteroatoms. The number of carbonyl (C=O) groups is 2. The second kappa shape index (κ2) is 8.28. The van der Waals surface area contributed by atoms with Gasteiger partial charge in [0.2, 0.25) is 5.91 Å². The van der Waals surface area contributed by atoms with Crippen molar-refractivity contribution in [2.45, 2.75) is 20.3 Å². The Kier molecular flexibility index (Phi) is 6.10. The van der Waals surface area contributed by atoms with Crippen LogP contribution in [-0.2, 0) is 16.0 Å². The van der Waals surface area contributed by atoms with E-state index in [-0.39, 0.29) is 5.91 Å². The van der Waals surface area contributed by atoms with Crippen molar-refractivity contribution in [2.75, 3.05) is 18.5 Å². The van der Waals surface area contributed by atoms with Gasteiger partial charge in [0.15, 0.2) is 0 Å². The first-order valence-corrected chi connectivity index (χ1v) is 8.19. The van der Waals surface area contributed by atoms with Gasteiger partial charge in [-0.25, -0.2) is 9.78 Å². The fraction of sp³-hybridized carbons (Fsp3) is 0.312. The van der Waals surface area contributed by atoms with Gasteiger partial charge < -0.3 is 15.4 Å². The number of alkyl carbamates (subject to hydrolysis) is 1. The van der Waals surface area contributed by atoms with Crippen LogP contribution in [0.1, 0.15) is 18.9 Å². The summed E-state index contributed by atoms with van der Waals surface area (Å²) in [4.78, 5) is 26.7. The monoisotopic (exact) mass is 333 g/mol. The molecule has 2 N–H and O–H groups in total. The van der Waals surface area contributed by atoms with Crippen molar-refractivity contribution in [3.05, 3.63) is 34.7 Å². The number of benzene rings is 1. The van der Waals surface area contributed by atoms with E-state index in [0.717, 1.165) is 22.0 Å². The van der Waals surface area contributed by atoms with Gasteiger partial charge in [-0.15, -0.1) is 11.3 Å². The largest absolute Gasteiger partial charge is 0.450 e. The first-order valence-electron chi connectivity index (χ1n) is 7.31. The van der Waals surface area contributed by atoms with Gasteiger partial charge in [0.1, 0.15) is 0 Å². The number of nitrogens with zero attached hydrogens (tertiary/aromatic N) is 1. The third kappa shape index (κ3) is 5.37. The lowest BCUT2D eigenvalue weighted by atomic mass is 10.1. The summed E-state index contributed by atoms with van der Waals surface area (Å²) < 4.78 is 4.80. The molecule has 0 saturated heterocycles. The first-order chi connectivity index (χ1) is 11.1. The summed E-state index contributed by atoms with van der Waals surface area (Å²) in [6.45, 7) is 4.10. The standard InChI is InChI=1S/C16H19N3O3S/c1-3-22-16(21)17-9-8-15-19-14(10-23-15)12-4-6-13(7-5-12)18-11(2)20/h4-7,10H,3,8-9H2,1-2H3,(H,17,21)(H,18,20). The molecule has 2 rings (SSSR count). The maximum atomic E-state index is 11.2. The molecule has 0 aliphatic rings. The summed E-state index contributed by atoms with van der Waals surface area (Å²) in [5.74, 6) is -0.0946. The number of anilines is 1. The topological polar surface area (TPSA) is 80.3 Å². The van der Waals surface area contributed by atoms with Gasteiger partial charge >= 0.3 is 6.09 Å². The van der Waals surface area contributed by atoms with Crippen LogP contribution >= 0.6 is 11.3 Å². The molecule has 2 amide bonds. The maximum absolute atomic E-state index is 11.2. The fourth-order valence-electron chi connectivity index (χ4n) is 1.94. The maximum Gasteiger partial charge on any atom is 0.407 e. The molecule has 2 aromatic rings. The van der Waals surface area contributed by atoms with E-state index in [1.54, 1.807) is 18.3 Å². The van der Waals surface area contributed by atoms with Crippen molar-refractivity contribution in [1.29, 1.82) is 0 Å². The molecule has 0 aliphatic heterocycles. The Morgan fingerprint density at radius 2 is 2.00 bits per heavy atom. The Labute approximate surface area is 138 Å².